The minimum Gasteiger partial charge on any atom is -0.447 e. The van der Waals surface area contributed by atoms with Gasteiger partial charge in [-0.15, -0.1) is 0 Å². The summed E-state index contributed by atoms with van der Waals surface area (Å²) in [5.41, 5.74) is 0. The second-order valence-electron chi connectivity index (χ2n) is 3.11. The monoisotopic (exact) mass is 172 g/mol. The van der Waals surface area contributed by atoms with Crippen molar-refractivity contribution in [3.8, 4) is 0 Å². The molecule has 2 unspecified atom stereocenters. The average molecular weight is 172 g/mol. The molecular formula is C9H16O3. The first-order chi connectivity index (χ1) is 5.66. The molecule has 0 saturated carbocycles. The molecule has 1 heterocycles. The Balaban J connectivity index is 2.82. The van der Waals surface area contributed by atoms with Crippen LogP contribution >= 0.6 is 0 Å². The molecule has 70 valence electrons. The van der Waals surface area contributed by atoms with E-state index in [4.69, 9.17) is 14.2 Å². The quantitative estimate of drug-likeness (QED) is 0.594. The summed E-state index contributed by atoms with van der Waals surface area (Å²) in [6.45, 7) is 4.15. The molecule has 0 bridgehead atoms. The molecule has 1 rings (SSSR count). The van der Waals surface area contributed by atoms with Crippen LogP contribution in [0.25, 0.3) is 0 Å². The van der Waals surface area contributed by atoms with Crippen LogP contribution in [0.5, 0.6) is 0 Å². The maximum Gasteiger partial charge on any atom is 0.329 e. The standard InChI is InChI=1S/C9H16O3/c1-7-5-6-12-9(10-3,11-4)8(7)2/h5-8H,1-4H3. The summed E-state index contributed by atoms with van der Waals surface area (Å²) in [5, 5.41) is 0. The molecule has 0 radical (unpaired) electrons. The van der Waals surface area contributed by atoms with Crippen LogP contribution in [0, 0.1) is 11.8 Å². The predicted molar refractivity (Wildman–Crippen MR) is 45.3 cm³/mol. The second-order valence-corrected chi connectivity index (χ2v) is 3.11. The molecule has 1 aliphatic rings. The highest BCUT2D eigenvalue weighted by molar-refractivity contribution is 4.92. The molecule has 0 aromatic heterocycles. The zero-order chi connectivity index (χ0) is 9.19. The van der Waals surface area contributed by atoms with Crippen molar-refractivity contribution in [1.82, 2.24) is 0 Å². The Bertz CT molecular complexity index is 173. The Kier molecular flexibility index (Phi) is 2.75. The molecule has 0 fully saturated rings. The Hall–Kier alpha value is -0.540. The summed E-state index contributed by atoms with van der Waals surface area (Å²) >= 11 is 0. The first kappa shape index (κ1) is 9.55. The lowest BCUT2D eigenvalue weighted by Crippen LogP contribution is -2.46. The van der Waals surface area contributed by atoms with Crippen molar-refractivity contribution in [3.63, 3.8) is 0 Å². The first-order valence-corrected chi connectivity index (χ1v) is 4.11. The smallest absolute Gasteiger partial charge is 0.329 e. The third-order valence-electron chi connectivity index (χ3n) is 2.53. The lowest BCUT2D eigenvalue weighted by atomic mass is 9.92. The van der Waals surface area contributed by atoms with Gasteiger partial charge in [0.25, 0.3) is 0 Å². The third-order valence-corrected chi connectivity index (χ3v) is 2.53. The van der Waals surface area contributed by atoms with Crippen molar-refractivity contribution in [3.05, 3.63) is 12.3 Å². The van der Waals surface area contributed by atoms with Crippen LogP contribution < -0.4 is 0 Å². The highest BCUT2D eigenvalue weighted by atomic mass is 16.9. The molecule has 3 heteroatoms. The molecule has 0 amide bonds. The Morgan fingerprint density at radius 2 is 1.83 bits per heavy atom. The van der Waals surface area contributed by atoms with Gasteiger partial charge in [-0.3, -0.25) is 0 Å². The highest BCUT2D eigenvalue weighted by Gasteiger charge is 2.43. The minimum atomic E-state index is -0.895. The van der Waals surface area contributed by atoms with Crippen LogP contribution in [0.3, 0.4) is 0 Å². The molecule has 3 nitrogen and oxygen atoms in total. The Morgan fingerprint density at radius 1 is 1.25 bits per heavy atom. The number of hydrogen-bond donors (Lipinski definition) is 0. The van der Waals surface area contributed by atoms with E-state index in [1.807, 2.05) is 13.0 Å². The van der Waals surface area contributed by atoms with Crippen molar-refractivity contribution in [1.29, 1.82) is 0 Å². The third kappa shape index (κ3) is 1.34. The molecule has 1 aliphatic heterocycles. The van der Waals surface area contributed by atoms with E-state index in [-0.39, 0.29) is 5.92 Å². The van der Waals surface area contributed by atoms with Gasteiger partial charge in [-0.1, -0.05) is 13.8 Å². The summed E-state index contributed by atoms with van der Waals surface area (Å²) < 4.78 is 15.8. The van der Waals surface area contributed by atoms with Crippen LogP contribution in [-0.4, -0.2) is 20.2 Å². The SMILES string of the molecule is COC1(OC)OC=CC(C)C1C. The molecule has 0 aromatic carbocycles. The lowest BCUT2D eigenvalue weighted by molar-refractivity contribution is -0.375. The van der Waals surface area contributed by atoms with Gasteiger partial charge in [0.15, 0.2) is 0 Å². The Morgan fingerprint density at radius 3 is 2.25 bits per heavy atom. The summed E-state index contributed by atoms with van der Waals surface area (Å²) in [6.07, 6.45) is 3.64. The van der Waals surface area contributed by atoms with E-state index in [9.17, 15) is 0 Å². The van der Waals surface area contributed by atoms with Crippen molar-refractivity contribution in [2.75, 3.05) is 14.2 Å². The largest absolute Gasteiger partial charge is 0.447 e. The van der Waals surface area contributed by atoms with E-state index in [0.717, 1.165) is 0 Å². The van der Waals surface area contributed by atoms with Crippen LogP contribution in [0.15, 0.2) is 12.3 Å². The summed E-state index contributed by atoms with van der Waals surface area (Å²) in [4.78, 5) is 0. The summed E-state index contributed by atoms with van der Waals surface area (Å²) in [7, 11) is 3.18. The molecular weight excluding hydrogens is 156 g/mol. The number of hydrogen-bond acceptors (Lipinski definition) is 3. The van der Waals surface area contributed by atoms with Gasteiger partial charge >= 0.3 is 5.97 Å². The van der Waals surface area contributed by atoms with Gasteiger partial charge in [-0.2, -0.15) is 0 Å². The van der Waals surface area contributed by atoms with E-state index < -0.39 is 5.97 Å². The second kappa shape index (κ2) is 3.46. The zero-order valence-corrected chi connectivity index (χ0v) is 8.03. The number of methoxy groups -OCH3 is 2. The van der Waals surface area contributed by atoms with E-state index in [1.54, 1.807) is 20.5 Å². The predicted octanol–water partition coefficient (Wildman–Crippen LogP) is 1.75. The fourth-order valence-corrected chi connectivity index (χ4v) is 1.41. The molecule has 2 atom stereocenters. The van der Waals surface area contributed by atoms with Crippen LogP contribution in [0.2, 0.25) is 0 Å². The van der Waals surface area contributed by atoms with E-state index in [1.165, 1.54) is 0 Å². The average Bonchev–Trinajstić information content (AvgIpc) is 2.11. The summed E-state index contributed by atoms with van der Waals surface area (Å²) in [6, 6.07) is 0. The first-order valence-electron chi connectivity index (χ1n) is 4.11. The zero-order valence-electron chi connectivity index (χ0n) is 8.03. The molecule has 0 aromatic rings. The van der Waals surface area contributed by atoms with Crippen LogP contribution in [0.1, 0.15) is 13.8 Å². The molecule has 0 spiro atoms. The normalized spacial score (nSPS) is 33.0. The van der Waals surface area contributed by atoms with Crippen LogP contribution in [-0.2, 0) is 14.2 Å². The van der Waals surface area contributed by atoms with Gasteiger partial charge in [0.2, 0.25) is 0 Å². The lowest BCUT2D eigenvalue weighted by Gasteiger charge is -2.39. The summed E-state index contributed by atoms with van der Waals surface area (Å²) in [5.74, 6) is -0.301. The topological polar surface area (TPSA) is 27.7 Å². The number of allylic oxidation sites excluding steroid dienone is 1. The minimum absolute atomic E-state index is 0.192. The van der Waals surface area contributed by atoms with Crippen LogP contribution in [0.4, 0.5) is 0 Å². The van der Waals surface area contributed by atoms with Gasteiger partial charge in [-0.25, -0.2) is 0 Å². The Labute approximate surface area is 73.3 Å². The van der Waals surface area contributed by atoms with Crippen molar-refractivity contribution in [2.24, 2.45) is 11.8 Å². The highest BCUT2D eigenvalue weighted by Crippen LogP contribution is 2.34. The van der Waals surface area contributed by atoms with Crippen molar-refractivity contribution in [2.45, 2.75) is 19.8 Å². The molecule has 0 N–H and O–H groups in total. The molecule has 0 saturated heterocycles. The van der Waals surface area contributed by atoms with Gasteiger partial charge < -0.3 is 14.2 Å². The molecule has 12 heavy (non-hydrogen) atoms. The van der Waals surface area contributed by atoms with Gasteiger partial charge in [0.05, 0.1) is 12.2 Å². The van der Waals surface area contributed by atoms with E-state index in [2.05, 4.69) is 6.92 Å². The van der Waals surface area contributed by atoms with Gasteiger partial charge in [0.1, 0.15) is 0 Å². The van der Waals surface area contributed by atoms with Gasteiger partial charge in [-0.05, 0) is 12.0 Å². The van der Waals surface area contributed by atoms with E-state index in [0.29, 0.717) is 5.92 Å². The maximum atomic E-state index is 5.32. The maximum absolute atomic E-state index is 5.32. The number of rotatable bonds is 2. The fraction of sp³-hybridized carbons (Fsp3) is 0.778. The fourth-order valence-electron chi connectivity index (χ4n) is 1.41. The molecule has 0 aliphatic carbocycles. The van der Waals surface area contributed by atoms with E-state index >= 15 is 0 Å². The van der Waals surface area contributed by atoms with Crippen molar-refractivity contribution >= 4 is 0 Å². The number of ether oxygens (including phenoxy) is 3. The van der Waals surface area contributed by atoms with Crippen molar-refractivity contribution < 1.29 is 14.2 Å². The van der Waals surface area contributed by atoms with Gasteiger partial charge in [0, 0.05) is 14.2 Å².